The highest BCUT2D eigenvalue weighted by atomic mass is 35.5. The fourth-order valence-electron chi connectivity index (χ4n) is 1.68. The predicted molar refractivity (Wildman–Crippen MR) is 80.2 cm³/mol. The monoisotopic (exact) mass is 330 g/mol. The Morgan fingerprint density at radius 3 is 2.55 bits per heavy atom. The van der Waals surface area contributed by atoms with E-state index in [0.29, 0.717) is 4.34 Å². The molecule has 104 valence electrons. The molecule has 0 spiro atoms. The van der Waals surface area contributed by atoms with Gasteiger partial charge < -0.3 is 4.90 Å². The number of hydrogen-bond donors (Lipinski definition) is 0. The Labute approximate surface area is 128 Å². The number of halogens is 2. The average molecular weight is 331 g/mol. The van der Waals surface area contributed by atoms with E-state index in [4.69, 9.17) is 23.2 Å². The smallest absolute Gasteiger partial charge is 0.292 e. The van der Waals surface area contributed by atoms with Crippen LogP contribution >= 0.6 is 34.5 Å². The number of para-hydroxylation sites is 2. The van der Waals surface area contributed by atoms with Crippen molar-refractivity contribution in [2.75, 3.05) is 11.9 Å². The van der Waals surface area contributed by atoms with Gasteiger partial charge in [0.2, 0.25) is 0 Å². The maximum Gasteiger partial charge on any atom is 0.292 e. The Bertz CT molecular complexity index is 687. The van der Waals surface area contributed by atoms with Crippen LogP contribution in [-0.4, -0.2) is 17.9 Å². The fraction of sp³-hybridized carbons (Fsp3) is 0.0833. The number of benzene rings is 1. The van der Waals surface area contributed by atoms with Crippen molar-refractivity contribution in [1.82, 2.24) is 0 Å². The molecule has 1 aromatic heterocycles. The summed E-state index contributed by atoms with van der Waals surface area (Å²) in [6.07, 6.45) is 0. The molecule has 0 saturated carbocycles. The van der Waals surface area contributed by atoms with Crippen LogP contribution in [0.5, 0.6) is 0 Å². The van der Waals surface area contributed by atoms with Crippen LogP contribution in [0.1, 0.15) is 10.4 Å². The lowest BCUT2D eigenvalue weighted by Gasteiger charge is -2.16. The van der Waals surface area contributed by atoms with E-state index in [9.17, 15) is 14.9 Å². The van der Waals surface area contributed by atoms with Crippen molar-refractivity contribution in [3.05, 3.63) is 54.7 Å². The van der Waals surface area contributed by atoms with Crippen LogP contribution in [0.3, 0.4) is 0 Å². The first-order valence-electron chi connectivity index (χ1n) is 5.38. The Balaban J connectivity index is 2.41. The highest BCUT2D eigenvalue weighted by Gasteiger charge is 2.24. The van der Waals surface area contributed by atoms with E-state index < -0.39 is 10.8 Å². The Morgan fingerprint density at radius 1 is 1.35 bits per heavy atom. The van der Waals surface area contributed by atoms with Crippen molar-refractivity contribution < 1.29 is 9.72 Å². The molecular weight excluding hydrogens is 323 g/mol. The van der Waals surface area contributed by atoms with Gasteiger partial charge in [0, 0.05) is 13.1 Å². The van der Waals surface area contributed by atoms with E-state index in [1.165, 1.54) is 36.2 Å². The number of thiophene rings is 1. The van der Waals surface area contributed by atoms with E-state index in [0.717, 1.165) is 11.3 Å². The lowest BCUT2D eigenvalue weighted by Crippen LogP contribution is -2.26. The molecule has 0 radical (unpaired) electrons. The minimum atomic E-state index is -0.540. The van der Waals surface area contributed by atoms with Crippen molar-refractivity contribution in [3.63, 3.8) is 0 Å². The maximum absolute atomic E-state index is 12.3. The summed E-state index contributed by atoms with van der Waals surface area (Å²) in [7, 11) is 1.45. The van der Waals surface area contributed by atoms with Gasteiger partial charge in [-0.25, -0.2) is 0 Å². The molecule has 2 rings (SSSR count). The number of rotatable bonds is 3. The molecule has 0 bridgehead atoms. The molecule has 2 aromatic rings. The number of nitro benzene ring substituents is 1. The number of amides is 1. The number of carbonyl (C=O) groups excluding carboxylic acids is 1. The normalized spacial score (nSPS) is 10.3. The van der Waals surface area contributed by atoms with Crippen LogP contribution in [0.25, 0.3) is 0 Å². The maximum atomic E-state index is 12.3. The summed E-state index contributed by atoms with van der Waals surface area (Å²) in [6.45, 7) is 0. The molecule has 8 heteroatoms. The third-order valence-corrected chi connectivity index (χ3v) is 4.12. The second-order valence-electron chi connectivity index (χ2n) is 3.85. The lowest BCUT2D eigenvalue weighted by molar-refractivity contribution is -0.384. The molecule has 0 atom stereocenters. The van der Waals surface area contributed by atoms with Crippen LogP contribution in [0.4, 0.5) is 11.4 Å². The lowest BCUT2D eigenvalue weighted by atomic mass is 10.2. The van der Waals surface area contributed by atoms with Crippen molar-refractivity contribution in [2.45, 2.75) is 0 Å². The third-order valence-electron chi connectivity index (χ3n) is 2.63. The van der Waals surface area contributed by atoms with E-state index in [1.807, 2.05) is 0 Å². The summed E-state index contributed by atoms with van der Waals surface area (Å²) in [6, 6.07) is 7.43. The molecule has 0 saturated heterocycles. The topological polar surface area (TPSA) is 63.5 Å². The zero-order chi connectivity index (χ0) is 14.9. The van der Waals surface area contributed by atoms with Crippen molar-refractivity contribution in [1.29, 1.82) is 0 Å². The van der Waals surface area contributed by atoms with Gasteiger partial charge in [-0.15, -0.1) is 11.3 Å². The predicted octanol–water partition coefficient (Wildman–Crippen LogP) is 4.24. The quantitative estimate of drug-likeness (QED) is 0.624. The molecule has 5 nitrogen and oxygen atoms in total. The van der Waals surface area contributed by atoms with E-state index in [1.54, 1.807) is 6.07 Å². The molecule has 1 amide bonds. The summed E-state index contributed by atoms with van der Waals surface area (Å²) in [5, 5.41) is 11.0. The molecule has 0 N–H and O–H groups in total. The summed E-state index contributed by atoms with van der Waals surface area (Å²) in [4.78, 5) is 23.9. The van der Waals surface area contributed by atoms with Gasteiger partial charge in [0.15, 0.2) is 0 Å². The van der Waals surface area contributed by atoms with E-state index in [2.05, 4.69) is 0 Å². The summed E-state index contributed by atoms with van der Waals surface area (Å²) >= 11 is 12.8. The third kappa shape index (κ3) is 2.77. The highest BCUT2D eigenvalue weighted by molar-refractivity contribution is 7.20. The van der Waals surface area contributed by atoms with Crippen molar-refractivity contribution in [3.8, 4) is 0 Å². The largest absolute Gasteiger partial charge is 0.305 e. The average Bonchev–Trinajstić information content (AvgIpc) is 2.76. The van der Waals surface area contributed by atoms with Crippen LogP contribution in [0.15, 0.2) is 30.3 Å². The van der Waals surface area contributed by atoms with Gasteiger partial charge in [-0.2, -0.15) is 0 Å². The molecule has 20 heavy (non-hydrogen) atoms. The number of nitrogens with zero attached hydrogens (tertiary/aromatic N) is 2. The van der Waals surface area contributed by atoms with Gasteiger partial charge in [-0.05, 0) is 12.1 Å². The Morgan fingerprint density at radius 2 is 2.00 bits per heavy atom. The van der Waals surface area contributed by atoms with Crippen molar-refractivity contribution in [2.24, 2.45) is 0 Å². The van der Waals surface area contributed by atoms with Crippen LogP contribution < -0.4 is 4.90 Å². The second-order valence-corrected chi connectivity index (χ2v) is 6.13. The number of carbonyl (C=O) groups is 1. The summed E-state index contributed by atoms with van der Waals surface area (Å²) in [5.74, 6) is -0.451. The molecule has 0 aliphatic heterocycles. The van der Waals surface area contributed by atoms with Gasteiger partial charge in [0.1, 0.15) is 10.0 Å². The fourth-order valence-corrected chi connectivity index (χ4v) is 3.13. The van der Waals surface area contributed by atoms with Gasteiger partial charge >= 0.3 is 0 Å². The molecule has 0 fully saturated rings. The van der Waals surface area contributed by atoms with Crippen molar-refractivity contribution >= 4 is 51.8 Å². The van der Waals surface area contributed by atoms with Crippen LogP contribution in [0, 0.1) is 10.1 Å². The number of anilines is 1. The molecule has 1 heterocycles. The molecule has 0 aliphatic carbocycles. The zero-order valence-electron chi connectivity index (χ0n) is 10.2. The summed E-state index contributed by atoms with van der Waals surface area (Å²) in [5.41, 5.74) is 0.268. The number of hydrogen-bond acceptors (Lipinski definition) is 4. The molecule has 0 unspecified atom stereocenters. The van der Waals surface area contributed by atoms with Gasteiger partial charge in [0.25, 0.3) is 11.6 Å². The standard InChI is InChI=1S/C12H8Cl2N2O3S/c1-15(8-4-2-3-5-9(8)16(18)19)12(17)7-6-10(13)20-11(7)14/h2-6H,1H3. The SMILES string of the molecule is CN(C(=O)c1cc(Cl)sc1Cl)c1ccccc1[N+](=O)[O-]. The van der Waals surface area contributed by atoms with Gasteiger partial charge in [-0.1, -0.05) is 35.3 Å². The number of nitro groups is 1. The van der Waals surface area contributed by atoms with Crippen LogP contribution in [-0.2, 0) is 0 Å². The molecular formula is C12H8Cl2N2O3S. The highest BCUT2D eigenvalue weighted by Crippen LogP contribution is 2.34. The molecule has 0 aliphatic rings. The molecule has 1 aromatic carbocycles. The first kappa shape index (κ1) is 14.8. The minimum absolute atomic E-state index is 0.152. The summed E-state index contributed by atoms with van der Waals surface area (Å²) < 4.78 is 0.639. The first-order valence-corrected chi connectivity index (χ1v) is 6.95. The Hall–Kier alpha value is -1.63. The van der Waals surface area contributed by atoms with Gasteiger partial charge in [0.05, 0.1) is 14.8 Å². The Kier molecular flexibility index (Phi) is 4.27. The zero-order valence-corrected chi connectivity index (χ0v) is 12.5. The first-order chi connectivity index (χ1) is 9.41. The van der Waals surface area contributed by atoms with Gasteiger partial charge in [-0.3, -0.25) is 14.9 Å². The van der Waals surface area contributed by atoms with E-state index >= 15 is 0 Å². The second kappa shape index (κ2) is 5.78. The van der Waals surface area contributed by atoms with Crippen LogP contribution in [0.2, 0.25) is 8.67 Å². The van der Waals surface area contributed by atoms with E-state index in [-0.39, 0.29) is 21.3 Å². The minimum Gasteiger partial charge on any atom is -0.305 e.